The van der Waals surface area contributed by atoms with Gasteiger partial charge in [-0.25, -0.2) is 4.99 Å². The Balaban J connectivity index is 1.97. The first kappa shape index (κ1) is 11.5. The number of nitrogens with two attached hydrogens (primary N) is 1. The van der Waals surface area contributed by atoms with Crippen LogP contribution in [0.15, 0.2) is 28.6 Å². The summed E-state index contributed by atoms with van der Waals surface area (Å²) in [5, 5.41) is 11.0. The highest BCUT2D eigenvalue weighted by Crippen LogP contribution is 2.43. The Hall–Kier alpha value is -1.59. The molecule has 0 saturated carbocycles. The number of carbonyl (C=O) groups excluding carboxylic acids is 1. The van der Waals surface area contributed by atoms with Crippen LogP contribution in [0, 0.1) is 0 Å². The van der Waals surface area contributed by atoms with Gasteiger partial charge < -0.3 is 5.32 Å². The highest BCUT2D eigenvalue weighted by molar-refractivity contribution is 8.44. The van der Waals surface area contributed by atoms with E-state index in [1.54, 1.807) is 0 Å². The lowest BCUT2D eigenvalue weighted by molar-refractivity contribution is -0.116. The van der Waals surface area contributed by atoms with Crippen molar-refractivity contribution in [3.8, 4) is 0 Å². The maximum atomic E-state index is 11.3. The predicted molar refractivity (Wildman–Crippen MR) is 77.6 cm³/mol. The van der Waals surface area contributed by atoms with Crippen molar-refractivity contribution in [3.05, 3.63) is 34.7 Å². The van der Waals surface area contributed by atoms with Gasteiger partial charge >= 0.3 is 0 Å². The van der Waals surface area contributed by atoms with E-state index in [0.29, 0.717) is 6.42 Å². The van der Waals surface area contributed by atoms with Gasteiger partial charge in [0.05, 0.1) is 11.2 Å². The molecule has 2 aliphatic rings. The molecule has 2 aliphatic heterocycles. The van der Waals surface area contributed by atoms with E-state index in [9.17, 15) is 4.79 Å². The normalized spacial score (nSPS) is 29.2. The van der Waals surface area contributed by atoms with Crippen molar-refractivity contribution < 1.29 is 4.79 Å². The molecular formula is C13H15N3OS. The highest BCUT2D eigenvalue weighted by Gasteiger charge is 2.18. The Morgan fingerprint density at radius 1 is 1.39 bits per heavy atom. The molecule has 4 nitrogen and oxygen atoms in total. The third-order valence-corrected chi connectivity index (χ3v) is 4.37. The van der Waals surface area contributed by atoms with Gasteiger partial charge in [-0.1, -0.05) is 6.07 Å². The van der Waals surface area contributed by atoms with Crippen LogP contribution in [-0.2, 0) is 11.2 Å². The van der Waals surface area contributed by atoms with Crippen molar-refractivity contribution in [2.24, 2.45) is 10.1 Å². The van der Waals surface area contributed by atoms with E-state index >= 15 is 0 Å². The summed E-state index contributed by atoms with van der Waals surface area (Å²) in [4.78, 5) is 15.7. The summed E-state index contributed by atoms with van der Waals surface area (Å²) in [7, 11) is -1.30. The minimum atomic E-state index is -1.30. The molecule has 0 bridgehead atoms. The average Bonchev–Trinajstić information content (AvgIpc) is 2.69. The molecule has 5 heteroatoms. The topological polar surface area (TPSA) is 67.5 Å². The van der Waals surface area contributed by atoms with Crippen LogP contribution in [0.5, 0.6) is 0 Å². The van der Waals surface area contributed by atoms with Gasteiger partial charge in [0.2, 0.25) is 5.91 Å². The number of carbonyl (C=O) groups is 1. The fraction of sp³-hybridized carbons (Fsp3) is 0.231. The third-order valence-electron chi connectivity index (χ3n) is 3.08. The summed E-state index contributed by atoms with van der Waals surface area (Å²) in [5.41, 5.74) is 5.94. The van der Waals surface area contributed by atoms with Crippen LogP contribution < -0.4 is 10.5 Å². The predicted octanol–water partition coefficient (Wildman–Crippen LogP) is 2.22. The molecule has 1 unspecified atom stereocenters. The lowest BCUT2D eigenvalue weighted by Gasteiger charge is -2.18. The highest BCUT2D eigenvalue weighted by atomic mass is 32.3. The molecule has 1 aromatic rings. The van der Waals surface area contributed by atoms with Crippen molar-refractivity contribution in [3.63, 3.8) is 0 Å². The zero-order valence-electron chi connectivity index (χ0n) is 10.1. The molecule has 0 fully saturated rings. The maximum Gasteiger partial charge on any atom is 0.224 e. The summed E-state index contributed by atoms with van der Waals surface area (Å²) < 4.78 is 0. The Morgan fingerprint density at radius 2 is 2.22 bits per heavy atom. The monoisotopic (exact) mass is 261 g/mol. The van der Waals surface area contributed by atoms with Crippen LogP contribution in [-0.4, -0.2) is 17.7 Å². The van der Waals surface area contributed by atoms with E-state index in [4.69, 9.17) is 5.14 Å². The molecule has 1 amide bonds. The Morgan fingerprint density at radius 3 is 2.94 bits per heavy atom. The molecule has 3 rings (SSSR count). The van der Waals surface area contributed by atoms with Crippen molar-refractivity contribution in [1.29, 1.82) is 0 Å². The summed E-state index contributed by atoms with van der Waals surface area (Å²) in [6.07, 6.45) is 3.35. The van der Waals surface area contributed by atoms with Crippen molar-refractivity contribution >= 4 is 33.1 Å². The molecule has 0 saturated heterocycles. The van der Waals surface area contributed by atoms with Gasteiger partial charge in [-0.15, -0.1) is 10.2 Å². The van der Waals surface area contributed by atoms with Gasteiger partial charge in [0.1, 0.15) is 0 Å². The number of nitrogens with zero attached hydrogens (tertiary/aromatic N) is 1. The first-order valence-electron chi connectivity index (χ1n) is 5.79. The average molecular weight is 261 g/mol. The number of fused-ring (bicyclic) bond motifs is 1. The van der Waals surface area contributed by atoms with Crippen LogP contribution in [0.3, 0.4) is 0 Å². The summed E-state index contributed by atoms with van der Waals surface area (Å²) >= 11 is 0. The number of benzene rings is 1. The molecule has 1 atom stereocenters. The van der Waals surface area contributed by atoms with Gasteiger partial charge in [0.25, 0.3) is 0 Å². The van der Waals surface area contributed by atoms with Crippen molar-refractivity contribution in [1.82, 2.24) is 0 Å². The van der Waals surface area contributed by atoms with Crippen LogP contribution in [0.2, 0.25) is 0 Å². The van der Waals surface area contributed by atoms with E-state index in [1.165, 1.54) is 5.56 Å². The second kappa shape index (κ2) is 3.96. The van der Waals surface area contributed by atoms with E-state index in [2.05, 4.69) is 16.4 Å². The molecule has 1 aromatic carbocycles. The first-order chi connectivity index (χ1) is 8.53. The van der Waals surface area contributed by atoms with Gasteiger partial charge in [0.15, 0.2) is 0 Å². The number of aryl methyl sites for hydroxylation is 1. The molecule has 0 spiro atoms. The number of hydrogen-bond acceptors (Lipinski definition) is 3. The van der Waals surface area contributed by atoms with Gasteiger partial charge in [0, 0.05) is 17.7 Å². The van der Waals surface area contributed by atoms with Crippen LogP contribution in [0.4, 0.5) is 5.69 Å². The second-order valence-electron chi connectivity index (χ2n) is 4.77. The fourth-order valence-corrected chi connectivity index (χ4v) is 3.24. The number of nitrogens with one attached hydrogen (secondary N) is 1. The largest absolute Gasteiger partial charge is 0.326 e. The van der Waals surface area contributed by atoms with Crippen LogP contribution in [0.1, 0.15) is 17.5 Å². The Labute approximate surface area is 107 Å². The zero-order valence-corrected chi connectivity index (χ0v) is 11.0. The van der Waals surface area contributed by atoms with Gasteiger partial charge in [-0.05, 0) is 35.8 Å². The van der Waals surface area contributed by atoms with E-state index in [0.717, 1.165) is 23.4 Å². The minimum absolute atomic E-state index is 0.0901. The van der Waals surface area contributed by atoms with Crippen LogP contribution in [0.25, 0.3) is 5.70 Å². The number of rotatable bonds is 1. The van der Waals surface area contributed by atoms with Crippen molar-refractivity contribution in [2.75, 3.05) is 11.6 Å². The molecule has 3 N–H and O–H groups in total. The number of anilines is 1. The van der Waals surface area contributed by atoms with E-state index in [1.807, 2.05) is 29.3 Å². The Bertz CT molecular complexity index is 590. The fourth-order valence-electron chi connectivity index (χ4n) is 2.16. The summed E-state index contributed by atoms with van der Waals surface area (Å²) in [6, 6.07) is 6.02. The molecule has 0 aliphatic carbocycles. The summed E-state index contributed by atoms with van der Waals surface area (Å²) in [5.74, 6) is 0.0901. The first-order valence-corrected chi connectivity index (χ1v) is 8.02. The molecule has 0 radical (unpaired) electrons. The van der Waals surface area contributed by atoms with Gasteiger partial charge in [-0.2, -0.15) is 0 Å². The lowest BCUT2D eigenvalue weighted by atomic mass is 9.99. The Kier molecular flexibility index (Phi) is 2.53. The maximum absolute atomic E-state index is 11.3. The van der Waals surface area contributed by atoms with Crippen LogP contribution >= 0.6 is 10.2 Å². The molecule has 2 heterocycles. The van der Waals surface area contributed by atoms with E-state index < -0.39 is 10.2 Å². The lowest BCUT2D eigenvalue weighted by Crippen LogP contribution is -2.18. The smallest absolute Gasteiger partial charge is 0.224 e. The quantitative estimate of drug-likeness (QED) is 0.814. The number of hydrogen-bond donors (Lipinski definition) is 2. The zero-order chi connectivity index (χ0) is 12.8. The minimum Gasteiger partial charge on any atom is -0.326 e. The molecule has 18 heavy (non-hydrogen) atoms. The standard InChI is InChI=1S/C13H15N3OS/c1-18(14)7-12(15-8-18)10-2-4-11-9(6-10)3-5-13(17)16-11/h2,4,6-8H,3,5,14H2,1H3,(H,16,17). The molecule has 0 aromatic heterocycles. The van der Waals surface area contributed by atoms with Crippen molar-refractivity contribution in [2.45, 2.75) is 12.8 Å². The third kappa shape index (κ3) is 2.07. The SMILES string of the molecule is CS1(N)C=NC(c2ccc3c(c2)CCC(=O)N3)=C1. The van der Waals surface area contributed by atoms with E-state index in [-0.39, 0.29) is 5.91 Å². The molecular weight excluding hydrogens is 246 g/mol. The summed E-state index contributed by atoms with van der Waals surface area (Å²) in [6.45, 7) is 0. The molecule has 94 valence electrons. The van der Waals surface area contributed by atoms with Gasteiger partial charge in [-0.3, -0.25) is 9.93 Å². The number of amides is 1. The number of aliphatic imine (C=N–C) groups is 1. The second-order valence-corrected chi connectivity index (χ2v) is 7.45.